The fourth-order valence-corrected chi connectivity index (χ4v) is 3.98. The minimum Gasteiger partial charge on any atom is -0.504 e. The molecular formula is C24H16FNO5. The van der Waals surface area contributed by atoms with Gasteiger partial charge < -0.3 is 14.3 Å². The Morgan fingerprint density at radius 1 is 1.03 bits per heavy atom. The first-order valence-corrected chi connectivity index (χ1v) is 9.51. The van der Waals surface area contributed by atoms with Gasteiger partial charge in [-0.3, -0.25) is 14.5 Å². The van der Waals surface area contributed by atoms with Gasteiger partial charge in [-0.05, 0) is 48.0 Å². The van der Waals surface area contributed by atoms with Crippen LogP contribution in [0.5, 0.6) is 11.5 Å². The molecule has 6 nitrogen and oxygen atoms in total. The van der Waals surface area contributed by atoms with E-state index in [0.29, 0.717) is 11.3 Å². The van der Waals surface area contributed by atoms with Crippen LogP contribution in [0.2, 0.25) is 0 Å². The minimum atomic E-state index is -0.844. The van der Waals surface area contributed by atoms with E-state index in [1.165, 1.54) is 30.2 Å². The number of hydrogen-bond donors (Lipinski definition) is 1. The molecule has 4 aromatic rings. The number of amides is 1. The van der Waals surface area contributed by atoms with Crippen LogP contribution in [-0.4, -0.2) is 18.1 Å². The van der Waals surface area contributed by atoms with Crippen LogP contribution in [0.15, 0.2) is 75.9 Å². The van der Waals surface area contributed by atoms with Crippen molar-refractivity contribution in [3.05, 3.63) is 99.7 Å². The first-order chi connectivity index (χ1) is 15.0. The summed E-state index contributed by atoms with van der Waals surface area (Å²) in [6.07, 6.45) is 0. The van der Waals surface area contributed by atoms with Gasteiger partial charge in [0.15, 0.2) is 16.9 Å². The number of anilines is 1. The monoisotopic (exact) mass is 417 g/mol. The molecule has 0 fully saturated rings. The molecule has 1 unspecified atom stereocenters. The highest BCUT2D eigenvalue weighted by Gasteiger charge is 2.43. The number of para-hydroxylation sites is 1. The number of benzene rings is 3. The van der Waals surface area contributed by atoms with Gasteiger partial charge in [-0.15, -0.1) is 0 Å². The highest BCUT2D eigenvalue weighted by molar-refractivity contribution is 6.10. The molecule has 1 aliphatic heterocycles. The molecular weight excluding hydrogens is 401 g/mol. The molecule has 0 radical (unpaired) electrons. The number of hydrogen-bond acceptors (Lipinski definition) is 5. The van der Waals surface area contributed by atoms with E-state index in [1.54, 1.807) is 36.4 Å². The summed E-state index contributed by atoms with van der Waals surface area (Å²) in [6, 6.07) is 16.2. The lowest BCUT2D eigenvalue weighted by Crippen LogP contribution is -2.29. The van der Waals surface area contributed by atoms with Crippen molar-refractivity contribution in [3.63, 3.8) is 0 Å². The van der Waals surface area contributed by atoms with Gasteiger partial charge in [0, 0.05) is 5.69 Å². The van der Waals surface area contributed by atoms with Crippen molar-refractivity contribution in [1.29, 1.82) is 0 Å². The van der Waals surface area contributed by atoms with Crippen molar-refractivity contribution < 1.29 is 23.4 Å². The van der Waals surface area contributed by atoms with Crippen LogP contribution in [0.1, 0.15) is 27.7 Å². The molecule has 1 aromatic heterocycles. The summed E-state index contributed by atoms with van der Waals surface area (Å²) in [4.78, 5) is 28.3. The van der Waals surface area contributed by atoms with Gasteiger partial charge in [-0.2, -0.15) is 0 Å². The van der Waals surface area contributed by atoms with Crippen LogP contribution < -0.4 is 15.1 Å². The van der Waals surface area contributed by atoms with Gasteiger partial charge in [0.2, 0.25) is 5.76 Å². The summed E-state index contributed by atoms with van der Waals surface area (Å²) in [5.74, 6) is -1.03. The fourth-order valence-electron chi connectivity index (χ4n) is 3.98. The average molecular weight is 417 g/mol. The maximum absolute atomic E-state index is 13.8. The molecule has 0 aliphatic carbocycles. The maximum Gasteiger partial charge on any atom is 0.295 e. The van der Waals surface area contributed by atoms with Gasteiger partial charge in [-0.25, -0.2) is 4.39 Å². The summed E-state index contributed by atoms with van der Waals surface area (Å²) < 4.78 is 24.9. The Bertz CT molecular complexity index is 1400. The second kappa shape index (κ2) is 6.98. The van der Waals surface area contributed by atoms with Crippen LogP contribution >= 0.6 is 0 Å². The lowest BCUT2D eigenvalue weighted by atomic mass is 9.97. The van der Waals surface area contributed by atoms with Crippen LogP contribution in [0.25, 0.3) is 11.0 Å². The smallest absolute Gasteiger partial charge is 0.295 e. The zero-order chi connectivity index (χ0) is 21.7. The molecule has 1 N–H and O–H groups in total. The van der Waals surface area contributed by atoms with Crippen molar-refractivity contribution in [3.8, 4) is 11.5 Å². The summed E-state index contributed by atoms with van der Waals surface area (Å²) in [5, 5.41) is 10.1. The molecule has 31 heavy (non-hydrogen) atoms. The van der Waals surface area contributed by atoms with Crippen molar-refractivity contribution in [2.45, 2.75) is 6.04 Å². The quantitative estimate of drug-likeness (QED) is 0.535. The van der Waals surface area contributed by atoms with Gasteiger partial charge in [0.05, 0.1) is 24.1 Å². The second-order valence-corrected chi connectivity index (χ2v) is 7.16. The first-order valence-electron chi connectivity index (χ1n) is 9.51. The number of phenols is 1. The zero-order valence-corrected chi connectivity index (χ0v) is 16.3. The molecule has 5 rings (SSSR count). The predicted molar refractivity (Wildman–Crippen MR) is 112 cm³/mol. The van der Waals surface area contributed by atoms with Gasteiger partial charge in [0.1, 0.15) is 11.4 Å². The number of phenolic OH excluding ortho intramolecular Hbond substituents is 1. The molecule has 0 saturated heterocycles. The van der Waals surface area contributed by atoms with Crippen molar-refractivity contribution in [1.82, 2.24) is 0 Å². The Morgan fingerprint density at radius 2 is 1.81 bits per heavy atom. The number of carbonyl (C=O) groups is 1. The Morgan fingerprint density at radius 3 is 2.55 bits per heavy atom. The Labute approximate surface area is 175 Å². The third kappa shape index (κ3) is 2.85. The topological polar surface area (TPSA) is 80.0 Å². The molecule has 1 atom stereocenters. The fraction of sp³-hybridized carbons (Fsp3) is 0.0833. The van der Waals surface area contributed by atoms with E-state index >= 15 is 0 Å². The SMILES string of the molecule is COc1cc(C2c3c(oc4ccc(F)cc4c3=O)C(=O)N2c2ccccc2)ccc1O. The van der Waals surface area contributed by atoms with Crippen LogP contribution in [0.3, 0.4) is 0 Å². The summed E-state index contributed by atoms with van der Waals surface area (Å²) >= 11 is 0. The van der Waals surface area contributed by atoms with E-state index in [9.17, 15) is 19.1 Å². The summed E-state index contributed by atoms with van der Waals surface area (Å²) in [5.41, 5.74) is 0.856. The van der Waals surface area contributed by atoms with E-state index in [-0.39, 0.29) is 33.8 Å². The second-order valence-electron chi connectivity index (χ2n) is 7.16. The van der Waals surface area contributed by atoms with Crippen molar-refractivity contribution >= 4 is 22.6 Å². The largest absolute Gasteiger partial charge is 0.504 e. The average Bonchev–Trinajstić information content (AvgIpc) is 3.08. The van der Waals surface area contributed by atoms with Gasteiger partial charge in [-0.1, -0.05) is 24.3 Å². The Balaban J connectivity index is 1.83. The third-order valence-corrected chi connectivity index (χ3v) is 5.39. The number of carbonyl (C=O) groups excluding carboxylic acids is 1. The number of ether oxygens (including phenoxy) is 1. The number of halogens is 1. The molecule has 2 heterocycles. The molecule has 3 aromatic carbocycles. The van der Waals surface area contributed by atoms with E-state index in [1.807, 2.05) is 6.07 Å². The standard InChI is InChI=1S/C24H16FNO5/c1-30-19-11-13(7-9-17(19)27)21-20-22(28)16-12-14(25)8-10-18(16)31-23(20)24(29)26(21)15-5-3-2-4-6-15/h2-12,21,27H,1H3. The van der Waals surface area contributed by atoms with Crippen LogP contribution in [0.4, 0.5) is 10.1 Å². The molecule has 0 spiro atoms. The lowest BCUT2D eigenvalue weighted by Gasteiger charge is -2.25. The van der Waals surface area contributed by atoms with Gasteiger partial charge >= 0.3 is 0 Å². The van der Waals surface area contributed by atoms with Crippen LogP contribution in [-0.2, 0) is 0 Å². The molecule has 7 heteroatoms. The normalized spacial score (nSPS) is 15.4. The number of nitrogens with zero attached hydrogens (tertiary/aromatic N) is 1. The van der Waals surface area contributed by atoms with Crippen LogP contribution in [0, 0.1) is 5.82 Å². The predicted octanol–water partition coefficient (Wildman–Crippen LogP) is 4.40. The summed E-state index contributed by atoms with van der Waals surface area (Å²) in [7, 11) is 1.41. The lowest BCUT2D eigenvalue weighted by molar-refractivity contribution is 0.0971. The number of methoxy groups -OCH3 is 1. The van der Waals surface area contributed by atoms with Gasteiger partial charge in [0.25, 0.3) is 5.91 Å². The Kier molecular flexibility index (Phi) is 4.25. The summed E-state index contributed by atoms with van der Waals surface area (Å²) in [6.45, 7) is 0. The minimum absolute atomic E-state index is 0.0530. The molecule has 154 valence electrons. The molecule has 0 bridgehead atoms. The maximum atomic E-state index is 13.8. The molecule has 1 aliphatic rings. The first kappa shape index (κ1) is 18.9. The molecule has 0 saturated carbocycles. The Hall–Kier alpha value is -4.13. The molecule has 1 amide bonds. The van der Waals surface area contributed by atoms with Crippen molar-refractivity contribution in [2.24, 2.45) is 0 Å². The highest BCUT2D eigenvalue weighted by atomic mass is 19.1. The zero-order valence-electron chi connectivity index (χ0n) is 16.3. The number of aromatic hydroxyl groups is 1. The highest BCUT2D eigenvalue weighted by Crippen LogP contribution is 2.43. The van der Waals surface area contributed by atoms with E-state index in [4.69, 9.17) is 9.15 Å². The number of rotatable bonds is 3. The van der Waals surface area contributed by atoms with E-state index in [0.717, 1.165) is 6.07 Å². The third-order valence-electron chi connectivity index (χ3n) is 5.39. The van der Waals surface area contributed by atoms with E-state index < -0.39 is 23.2 Å². The van der Waals surface area contributed by atoms with Crippen molar-refractivity contribution in [2.75, 3.05) is 12.0 Å². The van der Waals surface area contributed by atoms with E-state index in [2.05, 4.69) is 0 Å². The number of fused-ring (bicyclic) bond motifs is 2.